The molecule has 152 valence electrons. The van der Waals surface area contributed by atoms with E-state index < -0.39 is 0 Å². The Bertz CT molecular complexity index is 1100. The zero-order valence-electron chi connectivity index (χ0n) is 17.0. The quantitative estimate of drug-likeness (QED) is 0.497. The molecule has 1 saturated heterocycles. The molecular weight excluding hydrogens is 373 g/mol. The molecule has 3 nitrogen and oxygen atoms in total. The molecule has 0 radical (unpaired) electrons. The summed E-state index contributed by atoms with van der Waals surface area (Å²) < 4.78 is 13.5. The lowest BCUT2D eigenvalue weighted by atomic mass is 9.96. The third-order valence-corrected chi connectivity index (χ3v) is 6.14. The molecule has 1 unspecified atom stereocenters. The lowest BCUT2D eigenvalue weighted by Crippen LogP contribution is -2.47. The second-order valence-electron chi connectivity index (χ2n) is 8.04. The topological polar surface area (TPSA) is 22.3 Å². The van der Waals surface area contributed by atoms with Crippen LogP contribution >= 0.6 is 0 Å². The molecule has 4 aromatic rings. The number of nitrogens with zero attached hydrogens (tertiary/aromatic N) is 2. The number of rotatable bonds is 5. The fourth-order valence-electron chi connectivity index (χ4n) is 4.58. The van der Waals surface area contributed by atoms with E-state index in [1.165, 1.54) is 22.0 Å². The fraction of sp³-hybridized carbons (Fsp3) is 0.231. The molecule has 4 heteroatoms. The van der Waals surface area contributed by atoms with E-state index in [2.05, 4.69) is 69.5 Å². The first kappa shape index (κ1) is 19.0. The summed E-state index contributed by atoms with van der Waals surface area (Å²) in [6.45, 7) is 4.97. The highest BCUT2D eigenvalue weighted by Crippen LogP contribution is 2.30. The SMILES string of the molecule is Fc1ccc(C(c2ccccc2)N2CCN(Cc3c[nH]c4ccccc34)CC2)cc1. The molecule has 3 aromatic carbocycles. The number of benzene rings is 3. The van der Waals surface area contributed by atoms with E-state index in [4.69, 9.17) is 0 Å². The lowest BCUT2D eigenvalue weighted by Gasteiger charge is -2.39. The number of para-hydroxylation sites is 1. The maximum absolute atomic E-state index is 13.5. The lowest BCUT2D eigenvalue weighted by molar-refractivity contribution is 0.105. The van der Waals surface area contributed by atoms with Crippen LogP contribution in [0.5, 0.6) is 0 Å². The molecule has 1 aliphatic rings. The molecule has 2 heterocycles. The van der Waals surface area contributed by atoms with Gasteiger partial charge in [0.25, 0.3) is 0 Å². The zero-order valence-corrected chi connectivity index (χ0v) is 17.0. The molecular formula is C26H26FN3. The second kappa shape index (κ2) is 8.42. The number of halogens is 1. The molecule has 1 aromatic heterocycles. The second-order valence-corrected chi connectivity index (χ2v) is 8.04. The first-order chi connectivity index (χ1) is 14.8. The number of H-pyrrole nitrogens is 1. The number of hydrogen-bond acceptors (Lipinski definition) is 2. The summed E-state index contributed by atoms with van der Waals surface area (Å²) in [5, 5.41) is 1.31. The van der Waals surface area contributed by atoms with Crippen molar-refractivity contribution < 1.29 is 4.39 Å². The van der Waals surface area contributed by atoms with Crippen LogP contribution in [0.15, 0.2) is 85.1 Å². The minimum absolute atomic E-state index is 0.155. The molecule has 1 atom stereocenters. The number of hydrogen-bond donors (Lipinski definition) is 1. The first-order valence-corrected chi connectivity index (χ1v) is 10.6. The maximum Gasteiger partial charge on any atom is 0.123 e. The van der Waals surface area contributed by atoms with Crippen LogP contribution in [0.4, 0.5) is 4.39 Å². The van der Waals surface area contributed by atoms with Crippen molar-refractivity contribution in [3.8, 4) is 0 Å². The third-order valence-electron chi connectivity index (χ3n) is 6.14. The Morgan fingerprint density at radius 3 is 2.20 bits per heavy atom. The number of nitrogens with one attached hydrogen (secondary N) is 1. The Balaban J connectivity index is 1.32. The average molecular weight is 400 g/mol. The number of aromatic amines is 1. The molecule has 1 N–H and O–H groups in total. The molecule has 0 bridgehead atoms. The van der Waals surface area contributed by atoms with Gasteiger partial charge < -0.3 is 4.98 Å². The van der Waals surface area contributed by atoms with Crippen LogP contribution in [0.1, 0.15) is 22.7 Å². The smallest absolute Gasteiger partial charge is 0.123 e. The minimum atomic E-state index is -0.186. The van der Waals surface area contributed by atoms with Crippen LogP contribution in [0.3, 0.4) is 0 Å². The summed E-state index contributed by atoms with van der Waals surface area (Å²) in [5.74, 6) is -0.186. The Morgan fingerprint density at radius 1 is 0.767 bits per heavy atom. The summed E-state index contributed by atoms with van der Waals surface area (Å²) in [5.41, 5.74) is 4.96. The van der Waals surface area contributed by atoms with E-state index in [0.29, 0.717) is 0 Å². The first-order valence-electron chi connectivity index (χ1n) is 10.6. The van der Waals surface area contributed by atoms with Crippen molar-refractivity contribution in [2.45, 2.75) is 12.6 Å². The van der Waals surface area contributed by atoms with Crippen LogP contribution < -0.4 is 0 Å². The monoisotopic (exact) mass is 399 g/mol. The van der Waals surface area contributed by atoms with Crippen molar-refractivity contribution in [3.05, 3.63) is 108 Å². The van der Waals surface area contributed by atoms with Crippen molar-refractivity contribution in [2.75, 3.05) is 26.2 Å². The standard InChI is InChI=1S/C26H26FN3/c27-23-12-10-21(11-13-23)26(20-6-2-1-3-7-20)30-16-14-29(15-17-30)19-22-18-28-25-9-5-4-8-24(22)25/h1-13,18,26,28H,14-17,19H2. The molecule has 5 rings (SSSR count). The van der Waals surface area contributed by atoms with E-state index in [-0.39, 0.29) is 11.9 Å². The largest absolute Gasteiger partial charge is 0.361 e. The predicted octanol–water partition coefficient (Wildman–Crippen LogP) is 5.21. The third kappa shape index (κ3) is 3.89. The molecule has 1 aliphatic heterocycles. The van der Waals surface area contributed by atoms with Gasteiger partial charge in [0, 0.05) is 49.8 Å². The van der Waals surface area contributed by atoms with Gasteiger partial charge in [-0.3, -0.25) is 9.80 Å². The van der Waals surface area contributed by atoms with Crippen LogP contribution in [-0.4, -0.2) is 41.0 Å². The highest BCUT2D eigenvalue weighted by Gasteiger charge is 2.26. The van der Waals surface area contributed by atoms with Crippen molar-refractivity contribution >= 4 is 10.9 Å². The van der Waals surface area contributed by atoms with E-state index >= 15 is 0 Å². The Kier molecular flexibility index (Phi) is 5.35. The molecule has 0 amide bonds. The summed E-state index contributed by atoms with van der Waals surface area (Å²) in [6, 6.07) is 26.2. The number of fused-ring (bicyclic) bond motifs is 1. The molecule has 1 fully saturated rings. The van der Waals surface area contributed by atoms with E-state index in [1.54, 1.807) is 12.1 Å². The highest BCUT2D eigenvalue weighted by atomic mass is 19.1. The van der Waals surface area contributed by atoms with Gasteiger partial charge in [0.05, 0.1) is 6.04 Å². The van der Waals surface area contributed by atoms with Crippen molar-refractivity contribution in [3.63, 3.8) is 0 Å². The minimum Gasteiger partial charge on any atom is -0.361 e. The van der Waals surface area contributed by atoms with Crippen LogP contribution in [0, 0.1) is 5.82 Å². The van der Waals surface area contributed by atoms with E-state index in [1.807, 2.05) is 18.2 Å². The van der Waals surface area contributed by atoms with Crippen molar-refractivity contribution in [1.82, 2.24) is 14.8 Å². The maximum atomic E-state index is 13.5. The Labute approximate surface area is 176 Å². The van der Waals surface area contributed by atoms with Crippen LogP contribution in [0.25, 0.3) is 10.9 Å². The summed E-state index contributed by atoms with van der Waals surface area (Å²) >= 11 is 0. The van der Waals surface area contributed by atoms with Gasteiger partial charge in [-0.15, -0.1) is 0 Å². The van der Waals surface area contributed by atoms with Gasteiger partial charge in [-0.25, -0.2) is 4.39 Å². The van der Waals surface area contributed by atoms with E-state index in [9.17, 15) is 4.39 Å². The van der Waals surface area contributed by atoms with Crippen molar-refractivity contribution in [1.29, 1.82) is 0 Å². The predicted molar refractivity (Wildman–Crippen MR) is 120 cm³/mol. The molecule has 0 spiro atoms. The van der Waals surface area contributed by atoms with Crippen molar-refractivity contribution in [2.24, 2.45) is 0 Å². The highest BCUT2D eigenvalue weighted by molar-refractivity contribution is 5.82. The summed E-state index contributed by atoms with van der Waals surface area (Å²) in [6.07, 6.45) is 2.14. The molecule has 0 saturated carbocycles. The number of aromatic nitrogens is 1. The van der Waals surface area contributed by atoms with Crippen LogP contribution in [0.2, 0.25) is 0 Å². The van der Waals surface area contributed by atoms with Gasteiger partial charge in [-0.2, -0.15) is 0 Å². The normalized spacial score (nSPS) is 16.7. The van der Waals surface area contributed by atoms with Gasteiger partial charge in [0.2, 0.25) is 0 Å². The van der Waals surface area contributed by atoms with Crippen LogP contribution in [-0.2, 0) is 6.54 Å². The number of piperazine rings is 1. The summed E-state index contributed by atoms with van der Waals surface area (Å²) in [7, 11) is 0. The van der Waals surface area contributed by atoms with Gasteiger partial charge in [-0.1, -0.05) is 60.7 Å². The van der Waals surface area contributed by atoms with Gasteiger partial charge in [-0.05, 0) is 34.9 Å². The Morgan fingerprint density at radius 2 is 1.43 bits per heavy atom. The van der Waals surface area contributed by atoms with Gasteiger partial charge in [0.1, 0.15) is 5.82 Å². The van der Waals surface area contributed by atoms with E-state index in [0.717, 1.165) is 38.3 Å². The average Bonchev–Trinajstić information content (AvgIpc) is 3.20. The zero-order chi connectivity index (χ0) is 20.3. The van der Waals surface area contributed by atoms with Gasteiger partial charge in [0.15, 0.2) is 0 Å². The van der Waals surface area contributed by atoms with Gasteiger partial charge >= 0.3 is 0 Å². The molecule has 0 aliphatic carbocycles. The Hall–Kier alpha value is -2.95. The summed E-state index contributed by atoms with van der Waals surface area (Å²) in [4.78, 5) is 8.43. The fourth-order valence-corrected chi connectivity index (χ4v) is 4.58. The molecule has 30 heavy (non-hydrogen) atoms.